The predicted octanol–water partition coefficient (Wildman–Crippen LogP) is 5.20. The molecule has 0 bridgehead atoms. The largest absolute Gasteiger partial charge is 0.444 e. The van der Waals surface area contributed by atoms with Crippen LogP contribution in [0.1, 0.15) is 34.3 Å². The van der Waals surface area contributed by atoms with Gasteiger partial charge in [0, 0.05) is 22.5 Å². The van der Waals surface area contributed by atoms with Crippen molar-refractivity contribution in [3.8, 4) is 11.3 Å². The van der Waals surface area contributed by atoms with Gasteiger partial charge >= 0.3 is 6.09 Å². The number of hydrogen-bond acceptors (Lipinski definition) is 7. The zero-order valence-electron chi connectivity index (χ0n) is 21.1. The first-order chi connectivity index (χ1) is 19.0. The highest BCUT2D eigenvalue weighted by molar-refractivity contribution is 7.14. The highest BCUT2D eigenvalue weighted by atomic mass is 32.1. The van der Waals surface area contributed by atoms with E-state index in [2.05, 4.69) is 15.6 Å². The van der Waals surface area contributed by atoms with Crippen molar-refractivity contribution < 1.29 is 19.4 Å². The van der Waals surface area contributed by atoms with Crippen LogP contribution in [0.3, 0.4) is 0 Å². The van der Waals surface area contributed by atoms with E-state index in [4.69, 9.17) is 4.74 Å². The van der Waals surface area contributed by atoms with Crippen molar-refractivity contribution in [2.45, 2.75) is 44.2 Å². The summed E-state index contributed by atoms with van der Waals surface area (Å²) in [5.74, 6) is -0.0581. The Balaban J connectivity index is 1.13. The van der Waals surface area contributed by atoms with Gasteiger partial charge in [0.25, 0.3) is 5.91 Å². The highest BCUT2D eigenvalue weighted by Gasteiger charge is 2.39. The Hall–Kier alpha value is -4.21. The number of nitrogens with one attached hydrogen (secondary N) is 2. The lowest BCUT2D eigenvalue weighted by molar-refractivity contribution is 0.0951. The first-order valence-electron chi connectivity index (χ1n) is 12.9. The molecule has 1 unspecified atom stereocenters. The van der Waals surface area contributed by atoms with Crippen molar-refractivity contribution in [1.29, 1.82) is 0 Å². The summed E-state index contributed by atoms with van der Waals surface area (Å²) in [6.45, 7) is 0.144. The number of hydrogen-bond donors (Lipinski definition) is 3. The van der Waals surface area contributed by atoms with Gasteiger partial charge in [0.2, 0.25) is 0 Å². The third-order valence-electron chi connectivity index (χ3n) is 6.91. The number of carbonyl (C=O) groups excluding carboxylic acids is 2. The summed E-state index contributed by atoms with van der Waals surface area (Å²) in [5.41, 5.74) is 4.81. The minimum absolute atomic E-state index is 0.0581. The molecule has 0 spiro atoms. The molecule has 3 aromatic carbocycles. The molecule has 0 saturated heterocycles. The number of nitrogens with zero attached hydrogens (tertiary/aromatic N) is 2. The molecule has 2 aliphatic rings. The normalized spacial score (nSPS) is 16.8. The zero-order chi connectivity index (χ0) is 26.8. The van der Waals surface area contributed by atoms with Crippen molar-refractivity contribution in [2.24, 2.45) is 0 Å². The van der Waals surface area contributed by atoms with E-state index in [1.165, 1.54) is 16.2 Å². The van der Waals surface area contributed by atoms with Crippen molar-refractivity contribution in [3.63, 3.8) is 0 Å². The molecule has 1 aliphatic carbocycles. The van der Waals surface area contributed by atoms with Gasteiger partial charge in [-0.15, -0.1) is 11.3 Å². The molecule has 8 nitrogen and oxygen atoms in total. The highest BCUT2D eigenvalue weighted by Crippen LogP contribution is 2.35. The molecule has 2 atom stereocenters. The number of aliphatic hydroxyl groups is 1. The maximum Gasteiger partial charge on any atom is 0.415 e. The third kappa shape index (κ3) is 5.64. The molecule has 6 rings (SSSR count). The van der Waals surface area contributed by atoms with E-state index in [0.29, 0.717) is 23.2 Å². The monoisotopic (exact) mass is 540 g/mol. The standard InChI is InChI=1S/C30H28N4O4S/c35-27(31-23-14-15-23)21-12-10-20(11-13-21)24-18-39-29(32-24)33-28(36)26-16-22-8-4-5-9-25(22)34(26)30(37)38-17-19-6-2-1-3-7-19/h1-13,18,23,26,28,36H,14-17H2,(H,31,35)(H,32,33)/t26-,28?/m0/s1. The van der Waals surface area contributed by atoms with Crippen molar-refractivity contribution in [1.82, 2.24) is 10.3 Å². The summed E-state index contributed by atoms with van der Waals surface area (Å²) in [4.78, 5) is 31.6. The van der Waals surface area contributed by atoms with E-state index in [9.17, 15) is 14.7 Å². The maximum atomic E-state index is 13.2. The first-order valence-corrected chi connectivity index (χ1v) is 13.8. The fourth-order valence-corrected chi connectivity index (χ4v) is 5.43. The molecular weight excluding hydrogens is 512 g/mol. The Kier molecular flexibility index (Phi) is 7.00. The third-order valence-corrected chi connectivity index (χ3v) is 7.68. The molecule has 0 radical (unpaired) electrons. The topological polar surface area (TPSA) is 104 Å². The molecule has 2 heterocycles. The number of carbonyl (C=O) groups is 2. The van der Waals surface area contributed by atoms with Gasteiger partial charge in [-0.3, -0.25) is 9.69 Å². The molecular formula is C30H28N4O4S. The second kappa shape index (κ2) is 10.9. The molecule has 1 aromatic heterocycles. The summed E-state index contributed by atoms with van der Waals surface area (Å²) < 4.78 is 5.62. The van der Waals surface area contributed by atoms with Crippen LogP contribution in [0.25, 0.3) is 11.3 Å². The van der Waals surface area contributed by atoms with E-state index in [1.54, 1.807) is 12.1 Å². The van der Waals surface area contributed by atoms with Crippen LogP contribution in [-0.4, -0.2) is 40.4 Å². The fraction of sp³-hybridized carbons (Fsp3) is 0.233. The summed E-state index contributed by atoms with van der Waals surface area (Å²) in [7, 11) is 0. The van der Waals surface area contributed by atoms with Crippen LogP contribution in [0.4, 0.5) is 15.6 Å². The number of aliphatic hydroxyl groups excluding tert-OH is 1. The lowest BCUT2D eigenvalue weighted by atomic mass is 10.1. The number of amides is 2. The van der Waals surface area contributed by atoms with E-state index in [1.807, 2.05) is 72.1 Å². The van der Waals surface area contributed by atoms with Gasteiger partial charge < -0.3 is 20.5 Å². The summed E-state index contributed by atoms with van der Waals surface area (Å²) >= 11 is 1.36. The van der Waals surface area contributed by atoms with Crippen LogP contribution in [-0.2, 0) is 17.8 Å². The minimum Gasteiger partial charge on any atom is -0.444 e. The molecule has 9 heteroatoms. The van der Waals surface area contributed by atoms with Crippen LogP contribution >= 0.6 is 11.3 Å². The smallest absolute Gasteiger partial charge is 0.415 e. The number of para-hydroxylation sites is 1. The van der Waals surface area contributed by atoms with Gasteiger partial charge in [-0.05, 0) is 48.6 Å². The van der Waals surface area contributed by atoms with Gasteiger partial charge in [-0.1, -0.05) is 60.7 Å². The molecule has 1 aliphatic heterocycles. The lowest BCUT2D eigenvalue weighted by Crippen LogP contribution is -2.48. The van der Waals surface area contributed by atoms with Crippen LogP contribution in [0, 0.1) is 0 Å². The lowest BCUT2D eigenvalue weighted by Gasteiger charge is -2.28. The second-order valence-corrected chi connectivity index (χ2v) is 10.6. The molecule has 1 saturated carbocycles. The van der Waals surface area contributed by atoms with Crippen molar-refractivity contribution in [3.05, 3.63) is 101 Å². The number of rotatable bonds is 8. The van der Waals surface area contributed by atoms with Crippen LogP contribution in [0.2, 0.25) is 0 Å². The Bertz CT molecular complexity index is 1470. The number of aromatic nitrogens is 1. The average molecular weight is 541 g/mol. The van der Waals surface area contributed by atoms with Crippen molar-refractivity contribution >= 4 is 34.2 Å². The Morgan fingerprint density at radius 2 is 1.77 bits per heavy atom. The van der Waals surface area contributed by atoms with E-state index < -0.39 is 18.4 Å². The number of benzene rings is 3. The quantitative estimate of drug-likeness (QED) is 0.266. The van der Waals surface area contributed by atoms with Gasteiger partial charge in [0.05, 0.1) is 17.4 Å². The van der Waals surface area contributed by atoms with E-state index in [0.717, 1.165) is 40.9 Å². The van der Waals surface area contributed by atoms with Crippen LogP contribution < -0.4 is 15.5 Å². The minimum atomic E-state index is -1.07. The summed E-state index contributed by atoms with van der Waals surface area (Å²) in [6.07, 6.45) is 0.982. The van der Waals surface area contributed by atoms with Crippen LogP contribution in [0.5, 0.6) is 0 Å². The number of thiazole rings is 1. The molecule has 3 N–H and O–H groups in total. The zero-order valence-corrected chi connectivity index (χ0v) is 21.9. The molecule has 2 amide bonds. The van der Waals surface area contributed by atoms with Gasteiger partial charge in [-0.25, -0.2) is 9.78 Å². The maximum absolute atomic E-state index is 13.2. The van der Waals surface area contributed by atoms with Crippen LogP contribution in [0.15, 0.2) is 84.2 Å². The molecule has 39 heavy (non-hydrogen) atoms. The Morgan fingerprint density at radius 1 is 1.03 bits per heavy atom. The average Bonchev–Trinajstić information content (AvgIpc) is 3.51. The summed E-state index contributed by atoms with van der Waals surface area (Å²) in [5, 5.41) is 19.7. The van der Waals surface area contributed by atoms with E-state index >= 15 is 0 Å². The Morgan fingerprint density at radius 3 is 2.54 bits per heavy atom. The number of ether oxygens (including phenoxy) is 1. The SMILES string of the molecule is O=C(NC1CC1)c1ccc(-c2csc(NC(O)[C@@H]3Cc4ccccc4N3C(=O)OCc3ccccc3)n2)cc1. The summed E-state index contributed by atoms with van der Waals surface area (Å²) in [6, 6.07) is 24.2. The van der Waals surface area contributed by atoms with Gasteiger partial charge in [0.1, 0.15) is 12.8 Å². The predicted molar refractivity (Wildman–Crippen MR) is 151 cm³/mol. The Labute approximate surface area is 230 Å². The van der Waals surface area contributed by atoms with Gasteiger partial charge in [0.15, 0.2) is 5.13 Å². The fourth-order valence-electron chi connectivity index (χ4n) is 4.67. The van der Waals surface area contributed by atoms with Crippen molar-refractivity contribution in [2.75, 3.05) is 10.2 Å². The van der Waals surface area contributed by atoms with E-state index in [-0.39, 0.29) is 12.5 Å². The molecule has 1 fully saturated rings. The van der Waals surface area contributed by atoms with Gasteiger partial charge in [-0.2, -0.15) is 0 Å². The molecule has 198 valence electrons. The second-order valence-electron chi connectivity index (χ2n) is 9.76. The first kappa shape index (κ1) is 25.1. The number of fused-ring (bicyclic) bond motifs is 1. The number of anilines is 2. The molecule has 4 aromatic rings.